The van der Waals surface area contributed by atoms with Crippen molar-refractivity contribution in [1.82, 2.24) is 0 Å². The Morgan fingerprint density at radius 2 is 1.86 bits per heavy atom. The number of carbonyl (C=O) groups is 1. The molecule has 110 valence electrons. The summed E-state index contributed by atoms with van der Waals surface area (Å²) >= 11 is 0. The van der Waals surface area contributed by atoms with Crippen molar-refractivity contribution in [3.05, 3.63) is 59.7 Å². The smallest absolute Gasteiger partial charge is 0.249 e. The van der Waals surface area contributed by atoms with Crippen LogP contribution >= 0.6 is 0 Å². The van der Waals surface area contributed by atoms with Crippen LogP contribution in [0.1, 0.15) is 29.3 Å². The van der Waals surface area contributed by atoms with Gasteiger partial charge in [0.15, 0.2) is 0 Å². The lowest BCUT2D eigenvalue weighted by Crippen LogP contribution is -2.15. The predicted octanol–water partition coefficient (Wildman–Crippen LogP) is 3.19. The molecule has 2 rings (SSSR count). The Labute approximate surface area is 124 Å². The first kappa shape index (κ1) is 14.9. The lowest BCUT2D eigenvalue weighted by molar-refractivity contribution is 0.0999. The third-order valence-electron chi connectivity index (χ3n) is 3.09. The molecule has 2 aromatic rings. The third kappa shape index (κ3) is 4.24. The highest BCUT2D eigenvalue weighted by atomic mass is 16.5. The summed E-state index contributed by atoms with van der Waals surface area (Å²) in [6.07, 6.45) is 0.990. The third-order valence-corrected chi connectivity index (χ3v) is 3.09. The summed E-state index contributed by atoms with van der Waals surface area (Å²) in [5, 5.41) is 3.28. The molecule has 0 unspecified atom stereocenters. The standard InChI is InChI=1S/C17H20N2O2/c1-2-11-21-15-9-7-14(8-10-15)19-12-13-5-3-4-6-16(13)17(18)20/h3-10,19H,2,11-12H2,1H3,(H2,18,20). The Morgan fingerprint density at radius 1 is 1.14 bits per heavy atom. The van der Waals surface area contributed by atoms with Gasteiger partial charge in [-0.1, -0.05) is 25.1 Å². The van der Waals surface area contributed by atoms with Crippen LogP contribution in [0.5, 0.6) is 5.75 Å². The van der Waals surface area contributed by atoms with Gasteiger partial charge in [-0.3, -0.25) is 4.79 Å². The van der Waals surface area contributed by atoms with Crippen LogP contribution in [0, 0.1) is 0 Å². The first-order valence-corrected chi connectivity index (χ1v) is 7.05. The normalized spacial score (nSPS) is 10.1. The molecule has 0 aromatic heterocycles. The van der Waals surface area contributed by atoms with Gasteiger partial charge >= 0.3 is 0 Å². The van der Waals surface area contributed by atoms with E-state index in [0.717, 1.165) is 30.0 Å². The highest BCUT2D eigenvalue weighted by molar-refractivity contribution is 5.94. The molecule has 0 aliphatic carbocycles. The second-order valence-electron chi connectivity index (χ2n) is 4.75. The fourth-order valence-electron chi connectivity index (χ4n) is 2.00. The van der Waals surface area contributed by atoms with Crippen molar-refractivity contribution in [3.63, 3.8) is 0 Å². The van der Waals surface area contributed by atoms with E-state index in [4.69, 9.17) is 10.5 Å². The molecule has 0 radical (unpaired) electrons. The highest BCUT2D eigenvalue weighted by Gasteiger charge is 2.06. The van der Waals surface area contributed by atoms with Gasteiger partial charge < -0.3 is 15.8 Å². The summed E-state index contributed by atoms with van der Waals surface area (Å²) in [5.74, 6) is 0.454. The van der Waals surface area contributed by atoms with E-state index in [-0.39, 0.29) is 0 Å². The average molecular weight is 284 g/mol. The molecule has 0 spiro atoms. The highest BCUT2D eigenvalue weighted by Crippen LogP contribution is 2.17. The average Bonchev–Trinajstić information content (AvgIpc) is 2.52. The Balaban J connectivity index is 1.98. The van der Waals surface area contributed by atoms with E-state index >= 15 is 0 Å². The molecule has 0 saturated carbocycles. The van der Waals surface area contributed by atoms with Crippen molar-refractivity contribution in [3.8, 4) is 5.75 Å². The molecule has 21 heavy (non-hydrogen) atoms. The van der Waals surface area contributed by atoms with E-state index in [2.05, 4.69) is 12.2 Å². The molecule has 0 saturated heterocycles. The van der Waals surface area contributed by atoms with Gasteiger partial charge in [0.1, 0.15) is 5.75 Å². The van der Waals surface area contributed by atoms with Gasteiger partial charge in [-0.05, 0) is 42.3 Å². The number of benzene rings is 2. The molecule has 4 nitrogen and oxygen atoms in total. The first-order chi connectivity index (χ1) is 10.2. The van der Waals surface area contributed by atoms with E-state index in [1.54, 1.807) is 6.07 Å². The minimum atomic E-state index is -0.407. The fraction of sp³-hybridized carbons (Fsp3) is 0.235. The molecular weight excluding hydrogens is 264 g/mol. The first-order valence-electron chi connectivity index (χ1n) is 7.05. The quantitative estimate of drug-likeness (QED) is 0.820. The van der Waals surface area contributed by atoms with Crippen molar-refractivity contribution in [2.45, 2.75) is 19.9 Å². The summed E-state index contributed by atoms with van der Waals surface area (Å²) in [4.78, 5) is 11.4. The van der Waals surface area contributed by atoms with Crippen molar-refractivity contribution in [2.24, 2.45) is 5.73 Å². The van der Waals surface area contributed by atoms with Crippen molar-refractivity contribution >= 4 is 11.6 Å². The van der Waals surface area contributed by atoms with Crippen LogP contribution in [0.15, 0.2) is 48.5 Å². The molecule has 0 bridgehead atoms. The number of ether oxygens (including phenoxy) is 1. The molecule has 0 heterocycles. The van der Waals surface area contributed by atoms with Gasteiger partial charge in [-0.15, -0.1) is 0 Å². The van der Waals surface area contributed by atoms with Crippen LogP contribution in [0.3, 0.4) is 0 Å². The van der Waals surface area contributed by atoms with Crippen LogP contribution < -0.4 is 15.8 Å². The number of nitrogens with one attached hydrogen (secondary N) is 1. The minimum absolute atomic E-state index is 0.407. The van der Waals surface area contributed by atoms with E-state index in [9.17, 15) is 4.79 Å². The van der Waals surface area contributed by atoms with Crippen LogP contribution in [0.25, 0.3) is 0 Å². The molecule has 2 aromatic carbocycles. The van der Waals surface area contributed by atoms with Gasteiger partial charge in [-0.2, -0.15) is 0 Å². The number of amides is 1. The zero-order valence-corrected chi connectivity index (χ0v) is 12.1. The van der Waals surface area contributed by atoms with E-state index in [0.29, 0.717) is 12.1 Å². The molecule has 1 amide bonds. The molecule has 4 heteroatoms. The number of carbonyl (C=O) groups excluding carboxylic acids is 1. The van der Waals surface area contributed by atoms with Gasteiger partial charge in [0.2, 0.25) is 5.91 Å². The van der Waals surface area contributed by atoms with Crippen molar-refractivity contribution in [2.75, 3.05) is 11.9 Å². The molecular formula is C17H20N2O2. The topological polar surface area (TPSA) is 64.3 Å². The zero-order valence-electron chi connectivity index (χ0n) is 12.1. The lowest BCUT2D eigenvalue weighted by Gasteiger charge is -2.10. The molecule has 0 fully saturated rings. The summed E-state index contributed by atoms with van der Waals surface area (Å²) < 4.78 is 5.53. The predicted molar refractivity (Wildman–Crippen MR) is 84.5 cm³/mol. The van der Waals surface area contributed by atoms with Crippen LogP contribution in [0.2, 0.25) is 0 Å². The fourth-order valence-corrected chi connectivity index (χ4v) is 2.00. The Hall–Kier alpha value is -2.49. The molecule has 0 aliphatic rings. The summed E-state index contributed by atoms with van der Waals surface area (Å²) in [7, 11) is 0. The maximum atomic E-state index is 11.4. The van der Waals surface area contributed by atoms with E-state index in [1.807, 2.05) is 42.5 Å². The summed E-state index contributed by atoms with van der Waals surface area (Å²) in [6, 6.07) is 15.1. The van der Waals surface area contributed by atoms with E-state index in [1.165, 1.54) is 0 Å². The Bertz CT molecular complexity index is 594. The molecule has 3 N–H and O–H groups in total. The molecule has 0 aliphatic heterocycles. The number of primary amides is 1. The SMILES string of the molecule is CCCOc1ccc(NCc2ccccc2C(N)=O)cc1. The number of nitrogens with two attached hydrogens (primary N) is 1. The number of anilines is 1. The monoisotopic (exact) mass is 284 g/mol. The maximum absolute atomic E-state index is 11.4. The number of rotatable bonds is 7. The van der Waals surface area contributed by atoms with Crippen molar-refractivity contribution in [1.29, 1.82) is 0 Å². The zero-order chi connectivity index (χ0) is 15.1. The summed E-state index contributed by atoms with van der Waals surface area (Å²) in [6.45, 7) is 3.35. The van der Waals surface area contributed by atoms with Crippen LogP contribution in [0.4, 0.5) is 5.69 Å². The van der Waals surface area contributed by atoms with Crippen molar-refractivity contribution < 1.29 is 9.53 Å². The second-order valence-corrected chi connectivity index (χ2v) is 4.75. The molecule has 0 atom stereocenters. The van der Waals surface area contributed by atoms with Gasteiger partial charge in [0.05, 0.1) is 6.61 Å². The Morgan fingerprint density at radius 3 is 2.52 bits per heavy atom. The minimum Gasteiger partial charge on any atom is -0.494 e. The van der Waals surface area contributed by atoms with E-state index < -0.39 is 5.91 Å². The Kier molecular flexibility index (Phi) is 5.21. The van der Waals surface area contributed by atoms with Gasteiger partial charge in [0.25, 0.3) is 0 Å². The van der Waals surface area contributed by atoms with Crippen LogP contribution in [-0.4, -0.2) is 12.5 Å². The summed E-state index contributed by atoms with van der Waals surface area (Å²) in [5.41, 5.74) is 7.77. The maximum Gasteiger partial charge on any atom is 0.249 e. The second kappa shape index (κ2) is 7.33. The van der Waals surface area contributed by atoms with Gasteiger partial charge in [0, 0.05) is 17.8 Å². The van der Waals surface area contributed by atoms with Gasteiger partial charge in [-0.25, -0.2) is 0 Å². The lowest BCUT2D eigenvalue weighted by atomic mass is 10.1. The number of hydrogen-bond donors (Lipinski definition) is 2. The largest absolute Gasteiger partial charge is 0.494 e. The number of hydrogen-bond acceptors (Lipinski definition) is 3. The van der Waals surface area contributed by atoms with Crippen LogP contribution in [-0.2, 0) is 6.54 Å².